The normalized spacial score (nSPS) is 12.8. The van der Waals surface area contributed by atoms with E-state index in [-0.39, 0.29) is 23.2 Å². The van der Waals surface area contributed by atoms with Crippen molar-refractivity contribution in [3.8, 4) is 0 Å². The summed E-state index contributed by atoms with van der Waals surface area (Å²) in [5.74, 6) is -6.46. The number of halogens is 3. The summed E-state index contributed by atoms with van der Waals surface area (Å²) < 4.78 is 40.2. The summed E-state index contributed by atoms with van der Waals surface area (Å²) in [6.45, 7) is 0.179. The summed E-state index contributed by atoms with van der Waals surface area (Å²) in [5.41, 5.74) is 0.600. The first kappa shape index (κ1) is 20.3. The highest BCUT2D eigenvalue weighted by Gasteiger charge is 2.35. The number of nitrogens with zero attached hydrogens (tertiary/aromatic N) is 1. The number of hydrogen-bond acceptors (Lipinski definition) is 3. The van der Waals surface area contributed by atoms with E-state index in [0.717, 1.165) is 16.5 Å². The quantitative estimate of drug-likeness (QED) is 0.493. The molecule has 0 aromatic heterocycles. The second kappa shape index (κ2) is 8.06. The van der Waals surface area contributed by atoms with Gasteiger partial charge in [0.1, 0.15) is 0 Å². The Balaban J connectivity index is 1.53. The molecule has 8 heteroatoms. The number of amides is 3. The van der Waals surface area contributed by atoms with Crippen molar-refractivity contribution in [2.45, 2.75) is 6.42 Å². The van der Waals surface area contributed by atoms with Crippen molar-refractivity contribution in [1.29, 1.82) is 0 Å². The Hall–Kier alpha value is -3.94. The third-order valence-electron chi connectivity index (χ3n) is 4.98. The third-order valence-corrected chi connectivity index (χ3v) is 4.98. The molecule has 1 aliphatic rings. The van der Waals surface area contributed by atoms with E-state index in [2.05, 4.69) is 5.32 Å². The summed E-state index contributed by atoms with van der Waals surface area (Å²) in [6, 6.07) is 14.8. The fourth-order valence-corrected chi connectivity index (χ4v) is 3.34. The fraction of sp³-hybridized carbons (Fsp3) is 0.0870. The zero-order valence-corrected chi connectivity index (χ0v) is 16.0. The molecule has 4 rings (SSSR count). The van der Waals surface area contributed by atoms with E-state index in [9.17, 15) is 27.6 Å². The molecule has 1 heterocycles. The third kappa shape index (κ3) is 3.79. The topological polar surface area (TPSA) is 66.5 Å². The monoisotopic (exact) mass is 424 g/mol. The Morgan fingerprint density at radius 1 is 0.839 bits per heavy atom. The van der Waals surface area contributed by atoms with E-state index in [1.807, 2.05) is 30.3 Å². The molecular weight excluding hydrogens is 409 g/mol. The highest BCUT2D eigenvalue weighted by molar-refractivity contribution is 6.22. The van der Waals surface area contributed by atoms with Crippen molar-refractivity contribution in [2.75, 3.05) is 11.9 Å². The van der Waals surface area contributed by atoms with Gasteiger partial charge in [0.25, 0.3) is 17.7 Å². The largest absolute Gasteiger partial charge is 0.319 e. The maximum atomic E-state index is 13.8. The molecular formula is C23H15F3N2O3. The number of imide groups is 1. The molecule has 3 amide bonds. The minimum Gasteiger partial charge on any atom is -0.319 e. The van der Waals surface area contributed by atoms with Crippen LogP contribution in [0.5, 0.6) is 0 Å². The number of carbonyl (C=O) groups excluding carboxylic acids is 3. The number of nitrogens with one attached hydrogen (secondary N) is 1. The van der Waals surface area contributed by atoms with Gasteiger partial charge in [-0.25, -0.2) is 13.2 Å². The number of anilines is 1. The lowest BCUT2D eigenvalue weighted by atomic mass is 10.1. The highest BCUT2D eigenvalue weighted by atomic mass is 19.2. The summed E-state index contributed by atoms with van der Waals surface area (Å²) >= 11 is 0. The Morgan fingerprint density at radius 3 is 2.29 bits per heavy atom. The predicted octanol–water partition coefficient (Wildman–Crippen LogP) is 4.19. The maximum Gasteiger partial charge on any atom is 0.261 e. The zero-order chi connectivity index (χ0) is 22.1. The summed E-state index contributed by atoms with van der Waals surface area (Å²) in [7, 11) is 0. The van der Waals surface area contributed by atoms with Crippen LogP contribution < -0.4 is 5.32 Å². The average Bonchev–Trinajstić information content (AvgIpc) is 3.02. The van der Waals surface area contributed by atoms with Crippen LogP contribution in [0.25, 0.3) is 0 Å². The minimum absolute atomic E-state index is 0.0334. The molecule has 0 radical (unpaired) electrons. The standard InChI is InChI=1S/C23H15F3N2O3/c24-17-8-9-18(20(26)19(17)25)27-21(29)14-6-7-15-16(12-14)23(31)28(22(15)30)11-10-13-4-2-1-3-5-13/h1-9,12H,10-11H2,(H,27,29). The number of hydrogen-bond donors (Lipinski definition) is 1. The molecule has 3 aromatic carbocycles. The Bertz CT molecular complexity index is 1210. The van der Waals surface area contributed by atoms with Gasteiger partial charge in [-0.3, -0.25) is 19.3 Å². The van der Waals surface area contributed by atoms with Crippen LogP contribution >= 0.6 is 0 Å². The van der Waals surface area contributed by atoms with Crippen molar-refractivity contribution in [1.82, 2.24) is 4.90 Å². The van der Waals surface area contributed by atoms with Gasteiger partial charge in [0.05, 0.1) is 16.8 Å². The first-order chi connectivity index (χ1) is 14.9. The van der Waals surface area contributed by atoms with Crippen molar-refractivity contribution >= 4 is 23.4 Å². The molecule has 1 N–H and O–H groups in total. The molecule has 0 saturated heterocycles. The second-order valence-corrected chi connectivity index (χ2v) is 6.93. The lowest BCUT2D eigenvalue weighted by molar-refractivity contribution is 0.0656. The zero-order valence-electron chi connectivity index (χ0n) is 16.0. The SMILES string of the molecule is O=C(Nc1ccc(F)c(F)c1F)c1ccc2c(c1)C(=O)N(CCc1ccccc1)C2=O. The molecule has 31 heavy (non-hydrogen) atoms. The average molecular weight is 424 g/mol. The van der Waals surface area contributed by atoms with Crippen LogP contribution in [0.4, 0.5) is 18.9 Å². The van der Waals surface area contributed by atoms with Crippen LogP contribution in [0.3, 0.4) is 0 Å². The first-order valence-corrected chi connectivity index (χ1v) is 9.36. The molecule has 156 valence electrons. The summed E-state index contributed by atoms with van der Waals surface area (Å²) in [5, 5.41) is 2.14. The Morgan fingerprint density at radius 2 is 1.55 bits per heavy atom. The van der Waals surface area contributed by atoms with E-state index in [4.69, 9.17) is 0 Å². The number of benzene rings is 3. The smallest absolute Gasteiger partial charge is 0.261 e. The molecule has 0 fully saturated rings. The number of carbonyl (C=O) groups is 3. The Kier molecular flexibility index (Phi) is 5.29. The van der Waals surface area contributed by atoms with Crippen molar-refractivity contribution in [2.24, 2.45) is 0 Å². The molecule has 0 saturated carbocycles. The fourth-order valence-electron chi connectivity index (χ4n) is 3.34. The van der Waals surface area contributed by atoms with Gasteiger partial charge in [-0.15, -0.1) is 0 Å². The minimum atomic E-state index is -1.71. The molecule has 0 atom stereocenters. The number of fused-ring (bicyclic) bond motifs is 1. The van der Waals surface area contributed by atoms with E-state index in [1.54, 1.807) is 0 Å². The van der Waals surface area contributed by atoms with Crippen LogP contribution in [0, 0.1) is 17.5 Å². The van der Waals surface area contributed by atoms with Gasteiger partial charge in [-0.05, 0) is 42.3 Å². The molecule has 0 unspecified atom stereocenters. The number of rotatable bonds is 5. The van der Waals surface area contributed by atoms with Crippen LogP contribution in [-0.4, -0.2) is 29.2 Å². The van der Waals surface area contributed by atoms with Gasteiger partial charge in [-0.1, -0.05) is 30.3 Å². The van der Waals surface area contributed by atoms with Crippen molar-refractivity contribution < 1.29 is 27.6 Å². The molecule has 1 aliphatic heterocycles. The molecule has 0 aliphatic carbocycles. The highest BCUT2D eigenvalue weighted by Crippen LogP contribution is 2.26. The predicted molar refractivity (Wildman–Crippen MR) is 106 cm³/mol. The van der Waals surface area contributed by atoms with Gasteiger partial charge in [0.15, 0.2) is 17.5 Å². The lowest BCUT2D eigenvalue weighted by Gasteiger charge is -2.13. The first-order valence-electron chi connectivity index (χ1n) is 9.36. The van der Waals surface area contributed by atoms with E-state index in [0.29, 0.717) is 12.5 Å². The van der Waals surface area contributed by atoms with Crippen LogP contribution in [0.2, 0.25) is 0 Å². The molecule has 5 nitrogen and oxygen atoms in total. The molecule has 0 bridgehead atoms. The summed E-state index contributed by atoms with van der Waals surface area (Å²) in [4.78, 5) is 38.9. The summed E-state index contributed by atoms with van der Waals surface area (Å²) in [6.07, 6.45) is 0.481. The maximum absolute atomic E-state index is 13.8. The molecule has 3 aromatic rings. The van der Waals surface area contributed by atoms with E-state index >= 15 is 0 Å². The van der Waals surface area contributed by atoms with Gasteiger partial charge in [-0.2, -0.15) is 0 Å². The van der Waals surface area contributed by atoms with Gasteiger partial charge < -0.3 is 5.32 Å². The van der Waals surface area contributed by atoms with Crippen molar-refractivity contribution in [3.63, 3.8) is 0 Å². The van der Waals surface area contributed by atoms with E-state index < -0.39 is 40.9 Å². The van der Waals surface area contributed by atoms with Crippen LogP contribution in [0.1, 0.15) is 36.6 Å². The van der Waals surface area contributed by atoms with Gasteiger partial charge in [0, 0.05) is 12.1 Å². The molecule has 0 spiro atoms. The Labute approximate surface area is 175 Å². The van der Waals surface area contributed by atoms with Gasteiger partial charge >= 0.3 is 0 Å². The second-order valence-electron chi connectivity index (χ2n) is 6.93. The van der Waals surface area contributed by atoms with Gasteiger partial charge in [0.2, 0.25) is 0 Å². The van der Waals surface area contributed by atoms with E-state index in [1.165, 1.54) is 18.2 Å². The van der Waals surface area contributed by atoms with Crippen molar-refractivity contribution in [3.05, 3.63) is 100 Å². The van der Waals surface area contributed by atoms with Crippen LogP contribution in [0.15, 0.2) is 60.7 Å². The lowest BCUT2D eigenvalue weighted by Crippen LogP contribution is -2.31. The van der Waals surface area contributed by atoms with Crippen LogP contribution in [-0.2, 0) is 6.42 Å².